The van der Waals surface area contributed by atoms with Gasteiger partial charge >= 0.3 is 13.1 Å². The van der Waals surface area contributed by atoms with Crippen molar-refractivity contribution in [2.45, 2.75) is 25.2 Å². The van der Waals surface area contributed by atoms with Crippen molar-refractivity contribution in [3.8, 4) is 0 Å². The van der Waals surface area contributed by atoms with Gasteiger partial charge in [-0.15, -0.1) is 0 Å². The predicted molar refractivity (Wildman–Crippen MR) is 61.9 cm³/mol. The molecule has 0 unspecified atom stereocenters. The Kier molecular flexibility index (Phi) is 7.32. The first-order valence-corrected chi connectivity index (χ1v) is 5.33. The highest BCUT2D eigenvalue weighted by Crippen LogP contribution is 2.14. The Bertz CT molecular complexity index is 214. The maximum atomic E-state index is 10.8. The fraction of sp³-hybridized carbons (Fsp3) is 0.889. The molecule has 0 aliphatic carbocycles. The fourth-order valence-electron chi connectivity index (χ4n) is 1.62. The second-order valence-electron chi connectivity index (χ2n) is 4.30. The van der Waals surface area contributed by atoms with E-state index in [4.69, 9.17) is 20.9 Å². The SMILES string of the molecule is CN(C)C[C@@H](CCCB(O)O)[C@H](N)C(=O)O. The van der Waals surface area contributed by atoms with Gasteiger partial charge in [0, 0.05) is 6.54 Å². The third-order valence-corrected chi connectivity index (χ3v) is 2.43. The molecule has 0 aliphatic heterocycles. The predicted octanol–water partition coefficient (Wildman–Crippen LogP) is -1.17. The quantitative estimate of drug-likeness (QED) is 0.393. The van der Waals surface area contributed by atoms with E-state index in [-0.39, 0.29) is 12.2 Å². The Morgan fingerprint density at radius 2 is 2.00 bits per heavy atom. The van der Waals surface area contributed by atoms with Gasteiger partial charge in [0.25, 0.3) is 0 Å². The molecular formula is C9H21BN2O4. The zero-order valence-corrected chi connectivity index (χ0v) is 9.83. The molecule has 0 spiro atoms. The lowest BCUT2D eigenvalue weighted by Gasteiger charge is -2.24. The molecule has 0 fully saturated rings. The second-order valence-corrected chi connectivity index (χ2v) is 4.30. The summed E-state index contributed by atoms with van der Waals surface area (Å²) in [7, 11) is 2.37. The minimum Gasteiger partial charge on any atom is -0.480 e. The van der Waals surface area contributed by atoms with Crippen molar-refractivity contribution in [2.75, 3.05) is 20.6 Å². The van der Waals surface area contributed by atoms with Gasteiger partial charge in [0.1, 0.15) is 6.04 Å². The number of rotatable bonds is 8. The van der Waals surface area contributed by atoms with Gasteiger partial charge in [-0.25, -0.2) is 0 Å². The highest BCUT2D eigenvalue weighted by atomic mass is 16.4. The molecule has 0 aromatic heterocycles. The van der Waals surface area contributed by atoms with E-state index < -0.39 is 19.1 Å². The molecule has 0 heterocycles. The number of nitrogens with zero attached hydrogens (tertiary/aromatic N) is 1. The summed E-state index contributed by atoms with van der Waals surface area (Å²) in [5.74, 6) is -1.19. The zero-order chi connectivity index (χ0) is 12.7. The van der Waals surface area contributed by atoms with Crippen LogP contribution in [0.2, 0.25) is 6.32 Å². The number of hydrogen-bond acceptors (Lipinski definition) is 5. The van der Waals surface area contributed by atoms with Gasteiger partial charge in [-0.3, -0.25) is 4.79 Å². The standard InChI is InChI=1S/C9H21BN2O4/c1-12(2)6-7(8(11)9(13)14)4-3-5-10(15)16/h7-8,15-16H,3-6,11H2,1-2H3,(H,13,14)/t7-,8+/m1/s1. The zero-order valence-electron chi connectivity index (χ0n) is 9.83. The molecule has 0 aromatic carbocycles. The molecule has 94 valence electrons. The van der Waals surface area contributed by atoms with Gasteiger partial charge in [0.2, 0.25) is 0 Å². The number of hydrogen-bond donors (Lipinski definition) is 4. The Hall–Kier alpha value is -0.625. The lowest BCUT2D eigenvalue weighted by atomic mass is 9.81. The molecule has 0 radical (unpaired) electrons. The highest BCUT2D eigenvalue weighted by Gasteiger charge is 2.24. The largest absolute Gasteiger partial charge is 0.480 e. The van der Waals surface area contributed by atoms with Crippen molar-refractivity contribution < 1.29 is 19.9 Å². The maximum absolute atomic E-state index is 10.8. The monoisotopic (exact) mass is 232 g/mol. The van der Waals surface area contributed by atoms with Crippen LogP contribution < -0.4 is 5.73 Å². The molecular weight excluding hydrogens is 211 g/mol. The normalized spacial score (nSPS) is 14.9. The van der Waals surface area contributed by atoms with Crippen molar-refractivity contribution >= 4 is 13.1 Å². The van der Waals surface area contributed by atoms with Crippen molar-refractivity contribution in [2.24, 2.45) is 11.7 Å². The third kappa shape index (κ3) is 6.78. The fourth-order valence-corrected chi connectivity index (χ4v) is 1.62. The minimum atomic E-state index is -1.33. The summed E-state index contributed by atoms with van der Waals surface area (Å²) in [6.45, 7) is 0.578. The summed E-state index contributed by atoms with van der Waals surface area (Å²) in [6, 6.07) is -0.904. The van der Waals surface area contributed by atoms with E-state index in [0.717, 1.165) is 0 Å². The number of carboxylic acids is 1. The van der Waals surface area contributed by atoms with Crippen molar-refractivity contribution in [3.05, 3.63) is 0 Å². The number of aliphatic carboxylic acids is 1. The molecule has 16 heavy (non-hydrogen) atoms. The lowest BCUT2D eigenvalue weighted by Crippen LogP contribution is -2.42. The first-order valence-electron chi connectivity index (χ1n) is 5.33. The molecule has 0 rings (SSSR count). The van der Waals surface area contributed by atoms with E-state index in [1.807, 2.05) is 19.0 Å². The third-order valence-electron chi connectivity index (χ3n) is 2.43. The molecule has 7 heteroatoms. The van der Waals surface area contributed by atoms with Crippen LogP contribution in [0.1, 0.15) is 12.8 Å². The van der Waals surface area contributed by atoms with Crippen LogP contribution >= 0.6 is 0 Å². The number of nitrogens with two attached hydrogens (primary N) is 1. The van der Waals surface area contributed by atoms with Gasteiger partial charge in [-0.05, 0) is 32.8 Å². The molecule has 0 amide bonds. The molecule has 0 saturated carbocycles. The molecule has 0 saturated heterocycles. The van der Waals surface area contributed by atoms with Crippen LogP contribution in [0, 0.1) is 5.92 Å². The Morgan fingerprint density at radius 3 is 2.38 bits per heavy atom. The van der Waals surface area contributed by atoms with Crippen LogP contribution in [0.5, 0.6) is 0 Å². The summed E-state index contributed by atoms with van der Waals surface area (Å²) in [5, 5.41) is 26.2. The van der Waals surface area contributed by atoms with Crippen LogP contribution in [-0.2, 0) is 4.79 Å². The highest BCUT2D eigenvalue weighted by molar-refractivity contribution is 6.40. The van der Waals surface area contributed by atoms with Crippen molar-refractivity contribution in [1.29, 1.82) is 0 Å². The van der Waals surface area contributed by atoms with E-state index in [1.54, 1.807) is 0 Å². The topological polar surface area (TPSA) is 107 Å². The molecule has 0 aromatic rings. The van der Waals surface area contributed by atoms with Crippen molar-refractivity contribution in [1.82, 2.24) is 4.90 Å². The van der Waals surface area contributed by atoms with Crippen LogP contribution in [0.3, 0.4) is 0 Å². The van der Waals surface area contributed by atoms with E-state index in [0.29, 0.717) is 19.4 Å². The summed E-state index contributed by atoms with van der Waals surface area (Å²) >= 11 is 0. The minimum absolute atomic E-state index is 0.175. The molecule has 5 N–H and O–H groups in total. The summed E-state index contributed by atoms with van der Waals surface area (Å²) in [5.41, 5.74) is 5.57. The van der Waals surface area contributed by atoms with Gasteiger partial charge in [-0.2, -0.15) is 0 Å². The van der Waals surface area contributed by atoms with E-state index >= 15 is 0 Å². The van der Waals surface area contributed by atoms with Crippen LogP contribution in [-0.4, -0.2) is 59.8 Å². The lowest BCUT2D eigenvalue weighted by molar-refractivity contribution is -0.140. The molecule has 0 bridgehead atoms. The maximum Gasteiger partial charge on any atom is 0.451 e. The Morgan fingerprint density at radius 1 is 1.44 bits per heavy atom. The van der Waals surface area contributed by atoms with Crippen LogP contribution in [0.25, 0.3) is 0 Å². The number of carbonyl (C=O) groups is 1. The number of carboxylic acid groups (broad SMARTS) is 1. The van der Waals surface area contributed by atoms with E-state index in [1.165, 1.54) is 0 Å². The second kappa shape index (κ2) is 7.62. The first kappa shape index (κ1) is 15.4. The average Bonchev–Trinajstić information content (AvgIpc) is 2.13. The molecule has 6 nitrogen and oxygen atoms in total. The van der Waals surface area contributed by atoms with Gasteiger partial charge < -0.3 is 25.8 Å². The first-order chi connectivity index (χ1) is 7.34. The van der Waals surface area contributed by atoms with Gasteiger partial charge in [0.15, 0.2) is 0 Å². The smallest absolute Gasteiger partial charge is 0.451 e. The van der Waals surface area contributed by atoms with Crippen molar-refractivity contribution in [3.63, 3.8) is 0 Å². The van der Waals surface area contributed by atoms with Crippen LogP contribution in [0.15, 0.2) is 0 Å². The van der Waals surface area contributed by atoms with E-state index in [9.17, 15) is 4.79 Å². The Labute approximate surface area is 96.2 Å². The van der Waals surface area contributed by atoms with E-state index in [2.05, 4.69) is 0 Å². The molecule has 0 aliphatic rings. The van der Waals surface area contributed by atoms with Gasteiger partial charge in [0.05, 0.1) is 0 Å². The average molecular weight is 232 g/mol. The van der Waals surface area contributed by atoms with Crippen LogP contribution in [0.4, 0.5) is 0 Å². The summed E-state index contributed by atoms with van der Waals surface area (Å²) in [4.78, 5) is 12.7. The summed E-state index contributed by atoms with van der Waals surface area (Å²) < 4.78 is 0. The van der Waals surface area contributed by atoms with Gasteiger partial charge in [-0.1, -0.05) is 6.42 Å². The summed E-state index contributed by atoms with van der Waals surface area (Å²) in [6.07, 6.45) is 1.37. The molecule has 2 atom stereocenters. The Balaban J connectivity index is 4.15.